The normalized spacial score (nSPS) is 26.3. The number of nitrogens with zero attached hydrogens (tertiary/aromatic N) is 4. The van der Waals surface area contributed by atoms with E-state index in [4.69, 9.17) is 9.47 Å². The van der Waals surface area contributed by atoms with E-state index in [1.54, 1.807) is 24.3 Å². The summed E-state index contributed by atoms with van der Waals surface area (Å²) in [6.07, 6.45) is -0.888. The molecule has 5 heterocycles. The summed E-state index contributed by atoms with van der Waals surface area (Å²) in [5, 5.41) is 2.97. The molecule has 0 saturated carbocycles. The van der Waals surface area contributed by atoms with Gasteiger partial charge in [0.1, 0.15) is 5.69 Å². The average molecular weight is 686 g/mol. The SMILES string of the molecule is O=C1NCC[C@H]2CN(Cc3cccc(C(F)(F)F)c3)CC[C@H]2CC(=O)N2CC[C@@H](CC(=O)N3CCOCC3)[C@@H](CCOc3cccc1n3)C2. The summed E-state index contributed by atoms with van der Waals surface area (Å²) in [5.74, 6) is 0.548. The molecular formula is C36H46F3N5O5. The Bertz CT molecular complexity index is 1470. The van der Waals surface area contributed by atoms with Crippen LogP contribution >= 0.6 is 0 Å². The summed E-state index contributed by atoms with van der Waals surface area (Å²) in [6.45, 7) is 5.81. The number of rotatable bonds is 4. The topological polar surface area (TPSA) is 104 Å². The number of morpholine rings is 1. The van der Waals surface area contributed by atoms with Crippen molar-refractivity contribution >= 4 is 17.7 Å². The van der Waals surface area contributed by atoms with Crippen LogP contribution in [0.4, 0.5) is 13.2 Å². The smallest absolute Gasteiger partial charge is 0.416 e. The fourth-order valence-electron chi connectivity index (χ4n) is 7.82. The van der Waals surface area contributed by atoms with E-state index >= 15 is 0 Å². The molecule has 13 heteroatoms. The van der Waals surface area contributed by atoms with Crippen LogP contribution in [0.15, 0.2) is 42.5 Å². The molecule has 4 bridgehead atoms. The van der Waals surface area contributed by atoms with Gasteiger partial charge < -0.3 is 24.6 Å². The maximum Gasteiger partial charge on any atom is 0.416 e. The monoisotopic (exact) mass is 685 g/mol. The van der Waals surface area contributed by atoms with Crippen molar-refractivity contribution in [2.24, 2.45) is 23.7 Å². The Labute approximate surface area is 285 Å². The molecule has 49 heavy (non-hydrogen) atoms. The number of carbonyl (C=O) groups excluding carboxylic acids is 3. The number of hydrogen-bond donors (Lipinski definition) is 1. The lowest BCUT2D eigenvalue weighted by molar-refractivity contribution is -0.139. The predicted octanol–water partition coefficient (Wildman–Crippen LogP) is 4.24. The molecule has 3 fully saturated rings. The molecule has 4 aliphatic heterocycles. The molecule has 1 aromatic carbocycles. The lowest BCUT2D eigenvalue weighted by Gasteiger charge is -2.42. The average Bonchev–Trinajstić information content (AvgIpc) is 3.10. The Balaban J connectivity index is 1.17. The zero-order valence-corrected chi connectivity index (χ0v) is 27.8. The van der Waals surface area contributed by atoms with Crippen LogP contribution in [0.2, 0.25) is 0 Å². The first-order valence-electron chi connectivity index (χ1n) is 17.5. The van der Waals surface area contributed by atoms with Crippen molar-refractivity contribution in [3.8, 4) is 5.88 Å². The first-order chi connectivity index (χ1) is 23.6. The highest BCUT2D eigenvalue weighted by Crippen LogP contribution is 2.35. The number of likely N-dealkylation sites (tertiary alicyclic amines) is 1. The number of aromatic nitrogens is 1. The lowest BCUT2D eigenvalue weighted by atomic mass is 9.79. The number of amides is 3. The molecule has 1 aromatic heterocycles. The number of halogens is 3. The first kappa shape index (κ1) is 35.1. The third-order valence-electron chi connectivity index (χ3n) is 10.6. The van der Waals surface area contributed by atoms with Crippen LogP contribution in [0, 0.1) is 23.7 Å². The van der Waals surface area contributed by atoms with Gasteiger partial charge in [-0.1, -0.05) is 24.3 Å². The number of fused-ring (bicyclic) bond motifs is 5. The number of hydrogen-bond acceptors (Lipinski definition) is 7. The summed E-state index contributed by atoms with van der Waals surface area (Å²) in [6, 6.07) is 10.5. The van der Waals surface area contributed by atoms with Crippen molar-refractivity contribution in [3.05, 3.63) is 59.3 Å². The van der Waals surface area contributed by atoms with Gasteiger partial charge in [-0.15, -0.1) is 0 Å². The lowest BCUT2D eigenvalue weighted by Crippen LogP contribution is -2.48. The van der Waals surface area contributed by atoms with E-state index in [1.165, 1.54) is 12.1 Å². The van der Waals surface area contributed by atoms with Crippen LogP contribution in [-0.4, -0.2) is 103 Å². The molecule has 10 nitrogen and oxygen atoms in total. The van der Waals surface area contributed by atoms with E-state index in [1.807, 2.05) is 9.80 Å². The zero-order valence-electron chi connectivity index (χ0n) is 27.8. The third kappa shape index (κ3) is 9.30. The maximum absolute atomic E-state index is 13.9. The Hall–Kier alpha value is -3.71. The van der Waals surface area contributed by atoms with Crippen LogP contribution in [0.25, 0.3) is 0 Å². The predicted molar refractivity (Wildman–Crippen MR) is 174 cm³/mol. The molecule has 0 radical (unpaired) electrons. The molecular weight excluding hydrogens is 639 g/mol. The van der Waals surface area contributed by atoms with Crippen molar-refractivity contribution in [2.75, 3.05) is 65.6 Å². The van der Waals surface area contributed by atoms with Gasteiger partial charge in [-0.3, -0.25) is 19.3 Å². The van der Waals surface area contributed by atoms with E-state index in [2.05, 4.69) is 15.2 Å². The second kappa shape index (κ2) is 15.9. The van der Waals surface area contributed by atoms with Gasteiger partial charge in [0.05, 0.1) is 25.4 Å². The number of piperidine rings is 2. The van der Waals surface area contributed by atoms with E-state index in [-0.39, 0.29) is 47.1 Å². The minimum absolute atomic E-state index is 0.0570. The van der Waals surface area contributed by atoms with E-state index in [0.717, 1.165) is 18.9 Å². The van der Waals surface area contributed by atoms with Gasteiger partial charge in [-0.25, -0.2) is 4.98 Å². The molecule has 1 N–H and O–H groups in total. The Kier molecular flexibility index (Phi) is 11.4. The van der Waals surface area contributed by atoms with Crippen molar-refractivity contribution in [1.29, 1.82) is 0 Å². The number of carbonyl (C=O) groups is 3. The van der Waals surface area contributed by atoms with E-state index < -0.39 is 11.7 Å². The van der Waals surface area contributed by atoms with Crippen molar-refractivity contribution in [2.45, 2.75) is 51.2 Å². The Morgan fingerprint density at radius 3 is 2.53 bits per heavy atom. The van der Waals surface area contributed by atoms with Gasteiger partial charge in [0.15, 0.2) is 0 Å². The fourth-order valence-corrected chi connectivity index (χ4v) is 7.82. The number of ether oxygens (including phenoxy) is 2. The van der Waals surface area contributed by atoms with Gasteiger partial charge in [0, 0.05) is 64.7 Å². The Morgan fingerprint density at radius 1 is 0.898 bits per heavy atom. The number of pyridine rings is 1. The first-order valence-corrected chi connectivity index (χ1v) is 17.5. The highest BCUT2D eigenvalue weighted by atomic mass is 19.4. The molecule has 0 aliphatic carbocycles. The summed E-state index contributed by atoms with van der Waals surface area (Å²) < 4.78 is 51.5. The molecule has 266 valence electrons. The van der Waals surface area contributed by atoms with Gasteiger partial charge in [-0.2, -0.15) is 13.2 Å². The van der Waals surface area contributed by atoms with Crippen LogP contribution in [-0.2, 0) is 27.0 Å². The molecule has 0 unspecified atom stereocenters. The number of benzene rings is 1. The van der Waals surface area contributed by atoms with Crippen molar-refractivity contribution in [3.63, 3.8) is 0 Å². The number of alkyl halides is 3. The Morgan fingerprint density at radius 2 is 1.71 bits per heavy atom. The summed E-state index contributed by atoms with van der Waals surface area (Å²) >= 11 is 0. The summed E-state index contributed by atoms with van der Waals surface area (Å²) in [4.78, 5) is 50.6. The second-order valence-electron chi connectivity index (χ2n) is 13.8. The summed E-state index contributed by atoms with van der Waals surface area (Å²) in [5.41, 5.74) is 0.182. The minimum Gasteiger partial charge on any atom is -0.478 e. The van der Waals surface area contributed by atoms with Crippen LogP contribution in [0.1, 0.15) is 60.1 Å². The molecule has 3 amide bonds. The number of nitrogens with one attached hydrogen (secondary N) is 1. The summed E-state index contributed by atoms with van der Waals surface area (Å²) in [7, 11) is 0. The van der Waals surface area contributed by atoms with Gasteiger partial charge in [0.2, 0.25) is 17.7 Å². The molecule has 0 spiro atoms. The van der Waals surface area contributed by atoms with Gasteiger partial charge in [-0.05, 0) is 73.6 Å². The second-order valence-corrected chi connectivity index (χ2v) is 13.8. The van der Waals surface area contributed by atoms with E-state index in [0.29, 0.717) is 109 Å². The van der Waals surface area contributed by atoms with Crippen LogP contribution in [0.5, 0.6) is 5.88 Å². The highest BCUT2D eigenvalue weighted by Gasteiger charge is 2.37. The highest BCUT2D eigenvalue weighted by molar-refractivity contribution is 5.92. The van der Waals surface area contributed by atoms with E-state index in [9.17, 15) is 27.6 Å². The van der Waals surface area contributed by atoms with Gasteiger partial charge >= 0.3 is 6.18 Å². The van der Waals surface area contributed by atoms with Crippen LogP contribution < -0.4 is 10.1 Å². The zero-order chi connectivity index (χ0) is 34.4. The molecule has 6 rings (SSSR count). The van der Waals surface area contributed by atoms with Crippen molar-refractivity contribution < 1.29 is 37.0 Å². The van der Waals surface area contributed by atoms with Gasteiger partial charge in [0.25, 0.3) is 5.91 Å². The largest absolute Gasteiger partial charge is 0.478 e. The molecule has 3 saturated heterocycles. The minimum atomic E-state index is -4.41. The molecule has 2 aromatic rings. The molecule has 4 atom stereocenters. The van der Waals surface area contributed by atoms with Crippen LogP contribution in [0.3, 0.4) is 0 Å². The third-order valence-corrected chi connectivity index (χ3v) is 10.6. The molecule has 4 aliphatic rings. The fraction of sp³-hybridized carbons (Fsp3) is 0.611. The standard InChI is InChI=1S/C36H46F3N5O5/c37-36(38,39)30-4-1-3-25(19-30)22-42-12-8-26-21-34(46)44-13-9-27(20-33(45)43-14-17-48-18-15-43)29(24-44)10-16-49-32-6-2-5-31(41-32)35(47)40-11-7-28(26)23-42/h1-6,19,26-29H,7-18,20-24H2,(H,40,47)/t26-,27-,28-,29-/m0/s1. The van der Waals surface area contributed by atoms with Crippen molar-refractivity contribution in [1.82, 2.24) is 25.0 Å². The quantitative estimate of drug-likeness (QED) is 0.514. The maximum atomic E-state index is 13.9.